The van der Waals surface area contributed by atoms with Crippen LogP contribution in [-0.2, 0) is 12.2 Å². The summed E-state index contributed by atoms with van der Waals surface area (Å²) in [6.45, 7) is 2.05. The minimum Gasteiger partial charge on any atom is -0.497 e. The molecular formula is C12H15N3OS2. The number of hydrogen-bond donors (Lipinski definition) is 1. The minimum absolute atomic E-state index is 0.719. The van der Waals surface area contributed by atoms with Crippen molar-refractivity contribution in [3.63, 3.8) is 0 Å². The van der Waals surface area contributed by atoms with Gasteiger partial charge in [-0.15, -0.1) is 0 Å². The number of thioether (sulfide) groups is 1. The van der Waals surface area contributed by atoms with E-state index in [4.69, 9.17) is 10.5 Å². The van der Waals surface area contributed by atoms with Gasteiger partial charge < -0.3 is 10.5 Å². The molecule has 2 rings (SSSR count). The van der Waals surface area contributed by atoms with Crippen molar-refractivity contribution in [1.82, 2.24) is 9.36 Å². The van der Waals surface area contributed by atoms with Crippen LogP contribution in [-0.4, -0.2) is 16.5 Å². The molecule has 0 amide bonds. The SMILES string of the molecule is CCc1nsc(SCc2cc(N)cc(OC)c2)n1. The molecule has 18 heavy (non-hydrogen) atoms. The van der Waals surface area contributed by atoms with Crippen LogP contribution in [0, 0.1) is 0 Å². The van der Waals surface area contributed by atoms with E-state index in [0.29, 0.717) is 0 Å². The Kier molecular flexibility index (Phi) is 4.43. The summed E-state index contributed by atoms with van der Waals surface area (Å²) in [5.74, 6) is 2.52. The van der Waals surface area contributed by atoms with E-state index in [1.165, 1.54) is 11.5 Å². The molecule has 0 atom stereocenters. The molecule has 0 unspecified atom stereocenters. The monoisotopic (exact) mass is 281 g/mol. The van der Waals surface area contributed by atoms with Crippen molar-refractivity contribution in [3.8, 4) is 5.75 Å². The second-order valence-corrected chi connectivity index (χ2v) is 5.71. The Morgan fingerprint density at radius 2 is 2.22 bits per heavy atom. The first kappa shape index (κ1) is 13.2. The lowest BCUT2D eigenvalue weighted by atomic mass is 10.2. The predicted octanol–water partition coefficient (Wildman–Crippen LogP) is 2.98. The Balaban J connectivity index is 2.03. The van der Waals surface area contributed by atoms with Gasteiger partial charge in [0, 0.05) is 23.9 Å². The highest BCUT2D eigenvalue weighted by Crippen LogP contribution is 2.27. The Hall–Kier alpha value is -1.27. The maximum atomic E-state index is 5.81. The van der Waals surface area contributed by atoms with Crippen molar-refractivity contribution in [3.05, 3.63) is 29.6 Å². The molecule has 1 heterocycles. The quantitative estimate of drug-likeness (QED) is 0.674. The van der Waals surface area contributed by atoms with Crippen molar-refractivity contribution in [2.24, 2.45) is 0 Å². The van der Waals surface area contributed by atoms with Gasteiger partial charge in [0.05, 0.1) is 7.11 Å². The molecule has 0 saturated heterocycles. The number of nitrogens with two attached hydrogens (primary N) is 1. The van der Waals surface area contributed by atoms with Gasteiger partial charge in [-0.1, -0.05) is 18.7 Å². The topological polar surface area (TPSA) is 61.0 Å². The third-order valence-electron chi connectivity index (χ3n) is 2.35. The van der Waals surface area contributed by atoms with Crippen LogP contribution < -0.4 is 10.5 Å². The van der Waals surface area contributed by atoms with Gasteiger partial charge in [-0.25, -0.2) is 4.98 Å². The first-order valence-corrected chi connectivity index (χ1v) is 7.36. The lowest BCUT2D eigenvalue weighted by Crippen LogP contribution is -1.91. The molecule has 0 bridgehead atoms. The minimum atomic E-state index is 0.719. The van der Waals surface area contributed by atoms with E-state index in [2.05, 4.69) is 16.3 Å². The fourth-order valence-electron chi connectivity index (χ4n) is 1.47. The molecule has 1 aromatic carbocycles. The van der Waals surface area contributed by atoms with E-state index in [1.807, 2.05) is 18.2 Å². The molecular weight excluding hydrogens is 266 g/mol. The van der Waals surface area contributed by atoms with Gasteiger partial charge in [0.15, 0.2) is 4.34 Å². The van der Waals surface area contributed by atoms with Crippen molar-refractivity contribution in [1.29, 1.82) is 0 Å². The highest BCUT2D eigenvalue weighted by atomic mass is 32.2. The van der Waals surface area contributed by atoms with Crippen molar-refractivity contribution in [2.75, 3.05) is 12.8 Å². The van der Waals surface area contributed by atoms with Gasteiger partial charge in [0.1, 0.15) is 11.6 Å². The molecule has 0 aliphatic heterocycles. The lowest BCUT2D eigenvalue weighted by molar-refractivity contribution is 0.414. The Morgan fingerprint density at radius 3 is 2.89 bits per heavy atom. The van der Waals surface area contributed by atoms with E-state index in [-0.39, 0.29) is 0 Å². The van der Waals surface area contributed by atoms with Crippen molar-refractivity contribution in [2.45, 2.75) is 23.4 Å². The molecule has 0 radical (unpaired) electrons. The summed E-state index contributed by atoms with van der Waals surface area (Å²) < 4.78 is 10.4. The first-order valence-electron chi connectivity index (χ1n) is 5.60. The van der Waals surface area contributed by atoms with Crippen LogP contribution in [0.25, 0.3) is 0 Å². The Bertz CT molecular complexity index is 528. The third-order valence-corrected chi connectivity index (χ3v) is 4.29. The van der Waals surface area contributed by atoms with Crippen molar-refractivity contribution < 1.29 is 4.74 Å². The fraction of sp³-hybridized carbons (Fsp3) is 0.333. The largest absolute Gasteiger partial charge is 0.497 e. The fourth-order valence-corrected chi connectivity index (χ4v) is 3.10. The number of benzene rings is 1. The maximum Gasteiger partial charge on any atom is 0.170 e. The number of hydrogen-bond acceptors (Lipinski definition) is 6. The van der Waals surface area contributed by atoms with E-state index in [1.54, 1.807) is 18.9 Å². The summed E-state index contributed by atoms with van der Waals surface area (Å²) in [5.41, 5.74) is 7.66. The number of nitrogen functional groups attached to an aromatic ring is 1. The average Bonchev–Trinajstić information content (AvgIpc) is 2.83. The van der Waals surface area contributed by atoms with Crippen LogP contribution in [0.5, 0.6) is 5.75 Å². The average molecular weight is 281 g/mol. The zero-order valence-electron chi connectivity index (χ0n) is 10.3. The van der Waals surface area contributed by atoms with Crippen LogP contribution in [0.15, 0.2) is 22.5 Å². The number of nitrogens with zero attached hydrogens (tertiary/aromatic N) is 2. The molecule has 2 N–H and O–H groups in total. The molecule has 4 nitrogen and oxygen atoms in total. The number of anilines is 1. The Labute approximate surface area is 115 Å². The first-order chi connectivity index (χ1) is 8.71. The highest BCUT2D eigenvalue weighted by Gasteiger charge is 2.05. The van der Waals surface area contributed by atoms with Crippen LogP contribution in [0.3, 0.4) is 0 Å². The second-order valence-electron chi connectivity index (χ2n) is 3.73. The lowest BCUT2D eigenvalue weighted by Gasteiger charge is -2.05. The van der Waals surface area contributed by atoms with E-state index in [0.717, 1.165) is 39.3 Å². The summed E-state index contributed by atoms with van der Waals surface area (Å²) >= 11 is 3.12. The van der Waals surface area contributed by atoms with Gasteiger partial charge >= 0.3 is 0 Å². The zero-order chi connectivity index (χ0) is 13.0. The summed E-state index contributed by atoms with van der Waals surface area (Å²) in [6.07, 6.45) is 0.878. The molecule has 6 heteroatoms. The van der Waals surface area contributed by atoms with E-state index in [9.17, 15) is 0 Å². The van der Waals surface area contributed by atoms with Crippen LogP contribution in [0.2, 0.25) is 0 Å². The zero-order valence-corrected chi connectivity index (χ0v) is 12.0. The molecule has 0 spiro atoms. The maximum absolute atomic E-state index is 5.81. The predicted molar refractivity (Wildman–Crippen MR) is 76.3 cm³/mol. The number of ether oxygens (including phenoxy) is 1. The third kappa shape index (κ3) is 3.36. The van der Waals surface area contributed by atoms with Gasteiger partial charge in [0.2, 0.25) is 0 Å². The molecule has 0 saturated carbocycles. The van der Waals surface area contributed by atoms with E-state index >= 15 is 0 Å². The second kappa shape index (κ2) is 6.06. The molecule has 1 aromatic heterocycles. The molecule has 0 aliphatic carbocycles. The summed E-state index contributed by atoms with van der Waals surface area (Å²) in [6, 6.07) is 5.76. The molecule has 0 fully saturated rings. The standard InChI is InChI=1S/C12H15N3OS2/c1-3-11-14-12(18-15-11)17-7-8-4-9(13)6-10(5-8)16-2/h4-6H,3,7,13H2,1-2H3. The summed E-state index contributed by atoms with van der Waals surface area (Å²) in [7, 11) is 1.64. The van der Waals surface area contributed by atoms with Gasteiger partial charge in [-0.05, 0) is 29.2 Å². The molecule has 0 aliphatic rings. The van der Waals surface area contributed by atoms with Crippen LogP contribution in [0.1, 0.15) is 18.3 Å². The van der Waals surface area contributed by atoms with Crippen molar-refractivity contribution >= 4 is 29.0 Å². The normalized spacial score (nSPS) is 10.6. The van der Waals surface area contributed by atoms with Crippen LogP contribution >= 0.6 is 23.3 Å². The molecule has 96 valence electrons. The number of aromatic nitrogens is 2. The summed E-state index contributed by atoms with van der Waals surface area (Å²) in [5, 5.41) is 0. The highest BCUT2D eigenvalue weighted by molar-refractivity contribution is 8.00. The van der Waals surface area contributed by atoms with Crippen LogP contribution in [0.4, 0.5) is 5.69 Å². The number of aryl methyl sites for hydroxylation is 1. The smallest absolute Gasteiger partial charge is 0.170 e. The van der Waals surface area contributed by atoms with Gasteiger partial charge in [-0.2, -0.15) is 4.37 Å². The Morgan fingerprint density at radius 1 is 1.39 bits per heavy atom. The summed E-state index contributed by atoms with van der Waals surface area (Å²) in [4.78, 5) is 4.42. The van der Waals surface area contributed by atoms with Gasteiger partial charge in [-0.3, -0.25) is 0 Å². The van der Waals surface area contributed by atoms with Gasteiger partial charge in [0.25, 0.3) is 0 Å². The van der Waals surface area contributed by atoms with E-state index < -0.39 is 0 Å². The number of methoxy groups -OCH3 is 1. The number of rotatable bonds is 5. The molecule has 2 aromatic rings.